The van der Waals surface area contributed by atoms with Gasteiger partial charge in [0, 0.05) is 17.8 Å². The standard InChI is InChI=1S/C19H23ClN6O/c20-14-5-3-13(4-6-14)15-11-26-16(17(21)27)10-24-18(19(26)25-15)23-9-12-2-1-7-22-8-12/h3-6,10,12,15,22H,1-2,7-9,11H2,(H2,21,27)(H,23,24). The molecule has 3 heterocycles. The molecule has 8 heteroatoms. The summed E-state index contributed by atoms with van der Waals surface area (Å²) in [6, 6.07) is 7.52. The Morgan fingerprint density at radius 2 is 2.19 bits per heavy atom. The molecule has 3 aliphatic heterocycles. The fourth-order valence-corrected chi connectivity index (χ4v) is 3.81. The van der Waals surface area contributed by atoms with Crippen LogP contribution in [-0.2, 0) is 4.79 Å². The van der Waals surface area contributed by atoms with Gasteiger partial charge in [0.25, 0.3) is 5.91 Å². The van der Waals surface area contributed by atoms with E-state index in [1.807, 2.05) is 29.2 Å². The minimum Gasteiger partial charge on any atom is -0.364 e. The smallest absolute Gasteiger partial charge is 0.266 e. The van der Waals surface area contributed by atoms with Gasteiger partial charge in [-0.2, -0.15) is 0 Å². The van der Waals surface area contributed by atoms with E-state index < -0.39 is 5.91 Å². The summed E-state index contributed by atoms with van der Waals surface area (Å²) in [6.45, 7) is 3.35. The number of piperidine rings is 1. The van der Waals surface area contributed by atoms with Gasteiger partial charge in [-0.1, -0.05) is 23.7 Å². The Hall–Kier alpha value is -2.38. The molecule has 2 unspecified atom stereocenters. The van der Waals surface area contributed by atoms with Gasteiger partial charge < -0.3 is 21.3 Å². The van der Waals surface area contributed by atoms with Crippen LogP contribution in [0.2, 0.25) is 5.02 Å². The van der Waals surface area contributed by atoms with E-state index in [0.29, 0.717) is 34.9 Å². The lowest BCUT2D eigenvalue weighted by molar-refractivity contribution is -0.115. The maximum absolute atomic E-state index is 11.8. The van der Waals surface area contributed by atoms with E-state index in [9.17, 15) is 4.79 Å². The molecule has 0 spiro atoms. The van der Waals surface area contributed by atoms with E-state index >= 15 is 0 Å². The van der Waals surface area contributed by atoms with Crippen LogP contribution in [0, 0.1) is 5.92 Å². The van der Waals surface area contributed by atoms with E-state index in [4.69, 9.17) is 27.3 Å². The Balaban J connectivity index is 1.59. The Morgan fingerprint density at radius 1 is 1.37 bits per heavy atom. The second-order valence-electron chi connectivity index (χ2n) is 7.07. The van der Waals surface area contributed by atoms with Crippen molar-refractivity contribution in [3.8, 4) is 0 Å². The first-order valence-corrected chi connectivity index (χ1v) is 9.62. The van der Waals surface area contributed by atoms with E-state index in [2.05, 4.69) is 10.6 Å². The molecular formula is C19H23ClN6O. The molecule has 4 rings (SSSR count). The van der Waals surface area contributed by atoms with Crippen LogP contribution in [0.4, 0.5) is 0 Å². The van der Waals surface area contributed by atoms with E-state index in [-0.39, 0.29) is 6.04 Å². The zero-order valence-electron chi connectivity index (χ0n) is 15.0. The van der Waals surface area contributed by atoms with Crippen molar-refractivity contribution < 1.29 is 4.79 Å². The number of aliphatic imine (C=N–C) groups is 2. The van der Waals surface area contributed by atoms with Crippen molar-refractivity contribution in [1.29, 1.82) is 0 Å². The molecule has 1 fully saturated rings. The number of amides is 1. The van der Waals surface area contributed by atoms with Crippen LogP contribution in [0.25, 0.3) is 0 Å². The van der Waals surface area contributed by atoms with Crippen LogP contribution in [-0.4, -0.2) is 48.7 Å². The zero-order chi connectivity index (χ0) is 18.8. The average Bonchev–Trinajstić information content (AvgIpc) is 3.12. The summed E-state index contributed by atoms with van der Waals surface area (Å²) < 4.78 is 0. The second-order valence-corrected chi connectivity index (χ2v) is 7.51. The molecule has 27 heavy (non-hydrogen) atoms. The fourth-order valence-electron chi connectivity index (χ4n) is 3.68. The van der Waals surface area contributed by atoms with Crippen molar-refractivity contribution in [3.05, 3.63) is 46.7 Å². The summed E-state index contributed by atoms with van der Waals surface area (Å²) in [4.78, 5) is 23.3. The number of hydrogen-bond acceptors (Lipinski definition) is 5. The molecule has 1 aromatic carbocycles. The van der Waals surface area contributed by atoms with Gasteiger partial charge >= 0.3 is 0 Å². The van der Waals surface area contributed by atoms with Crippen molar-refractivity contribution >= 4 is 29.2 Å². The quantitative estimate of drug-likeness (QED) is 0.729. The van der Waals surface area contributed by atoms with Crippen molar-refractivity contribution in [2.45, 2.75) is 18.9 Å². The molecule has 1 saturated heterocycles. The van der Waals surface area contributed by atoms with Crippen LogP contribution >= 0.6 is 11.6 Å². The van der Waals surface area contributed by atoms with E-state index in [1.54, 1.807) is 6.20 Å². The molecule has 0 bridgehead atoms. The number of amidine groups is 2. The molecule has 0 saturated carbocycles. The van der Waals surface area contributed by atoms with Crippen molar-refractivity contribution in [2.75, 3.05) is 26.2 Å². The number of nitrogens with two attached hydrogens (primary N) is 1. The van der Waals surface area contributed by atoms with Gasteiger partial charge in [0.2, 0.25) is 0 Å². The first-order valence-electron chi connectivity index (χ1n) is 9.24. The summed E-state index contributed by atoms with van der Waals surface area (Å²) in [5.74, 6) is 1.41. The topological polar surface area (TPSA) is 95.1 Å². The lowest BCUT2D eigenvalue weighted by Crippen LogP contribution is -2.47. The molecule has 3 aliphatic rings. The largest absolute Gasteiger partial charge is 0.364 e. The summed E-state index contributed by atoms with van der Waals surface area (Å²) in [7, 11) is 0. The first kappa shape index (κ1) is 18.0. The fraction of sp³-hybridized carbons (Fsp3) is 0.421. The van der Waals surface area contributed by atoms with Gasteiger partial charge in [0.1, 0.15) is 5.70 Å². The molecule has 0 aromatic heterocycles. The molecule has 142 valence electrons. The van der Waals surface area contributed by atoms with Gasteiger partial charge in [0.05, 0.1) is 12.6 Å². The second kappa shape index (κ2) is 7.70. The number of carbonyl (C=O) groups is 1. The summed E-state index contributed by atoms with van der Waals surface area (Å²) in [6.07, 6.45) is 3.99. The monoisotopic (exact) mass is 386 g/mol. The highest BCUT2D eigenvalue weighted by Gasteiger charge is 2.36. The van der Waals surface area contributed by atoms with Crippen LogP contribution < -0.4 is 16.4 Å². The molecule has 0 radical (unpaired) electrons. The lowest BCUT2D eigenvalue weighted by Gasteiger charge is -2.27. The molecule has 1 amide bonds. The minimum absolute atomic E-state index is 0.0959. The van der Waals surface area contributed by atoms with Crippen molar-refractivity contribution in [2.24, 2.45) is 21.6 Å². The normalized spacial score (nSPS) is 26.3. The third-order valence-electron chi connectivity index (χ3n) is 5.15. The molecule has 7 nitrogen and oxygen atoms in total. The average molecular weight is 387 g/mol. The van der Waals surface area contributed by atoms with Gasteiger partial charge in [-0.15, -0.1) is 0 Å². The van der Waals surface area contributed by atoms with Crippen molar-refractivity contribution in [3.63, 3.8) is 0 Å². The number of halogens is 1. The third-order valence-corrected chi connectivity index (χ3v) is 5.40. The van der Waals surface area contributed by atoms with Crippen molar-refractivity contribution in [1.82, 2.24) is 15.5 Å². The van der Waals surface area contributed by atoms with Crippen LogP contribution in [0.3, 0.4) is 0 Å². The number of nitrogens with zero attached hydrogens (tertiary/aromatic N) is 3. The predicted molar refractivity (Wildman–Crippen MR) is 107 cm³/mol. The molecule has 2 atom stereocenters. The summed E-state index contributed by atoms with van der Waals surface area (Å²) in [5.41, 5.74) is 7.00. The molecule has 4 N–H and O–H groups in total. The van der Waals surface area contributed by atoms with Crippen LogP contribution in [0.5, 0.6) is 0 Å². The number of rotatable bonds is 4. The van der Waals surface area contributed by atoms with Crippen LogP contribution in [0.1, 0.15) is 24.4 Å². The highest BCUT2D eigenvalue weighted by atomic mass is 35.5. The number of fused-ring (bicyclic) bond motifs is 1. The Labute approximate surface area is 163 Å². The lowest BCUT2D eigenvalue weighted by atomic mass is 10.00. The maximum atomic E-state index is 11.8. The maximum Gasteiger partial charge on any atom is 0.266 e. The van der Waals surface area contributed by atoms with Gasteiger partial charge in [-0.3, -0.25) is 14.8 Å². The third kappa shape index (κ3) is 3.84. The molecule has 1 aromatic rings. The van der Waals surface area contributed by atoms with Crippen LogP contribution in [0.15, 0.2) is 46.1 Å². The number of hydrogen-bond donors (Lipinski definition) is 3. The Morgan fingerprint density at radius 3 is 2.89 bits per heavy atom. The number of primary amides is 1. The summed E-state index contributed by atoms with van der Waals surface area (Å²) in [5, 5.41) is 7.21. The number of benzene rings is 1. The first-order chi connectivity index (χ1) is 13.1. The Bertz CT molecular complexity index is 810. The molecule has 0 aliphatic carbocycles. The highest BCUT2D eigenvalue weighted by molar-refractivity contribution is 6.42. The minimum atomic E-state index is -0.484. The van der Waals surface area contributed by atoms with E-state index in [0.717, 1.165) is 25.2 Å². The van der Waals surface area contributed by atoms with Gasteiger partial charge in [-0.05, 0) is 49.5 Å². The number of carbonyl (C=O) groups excluding carboxylic acids is 1. The number of nitrogens with one attached hydrogen (secondary N) is 2. The summed E-state index contributed by atoms with van der Waals surface area (Å²) >= 11 is 5.99. The molecular weight excluding hydrogens is 364 g/mol. The van der Waals surface area contributed by atoms with Gasteiger partial charge in [-0.25, -0.2) is 0 Å². The van der Waals surface area contributed by atoms with E-state index in [1.165, 1.54) is 12.8 Å². The predicted octanol–water partition coefficient (Wildman–Crippen LogP) is 1.42. The highest BCUT2D eigenvalue weighted by Crippen LogP contribution is 2.29. The SMILES string of the molecule is NC(=O)C1=CNC(=NCC2CCCNC2)C2=NC(c3ccc(Cl)cc3)CN12. The van der Waals surface area contributed by atoms with Gasteiger partial charge in [0.15, 0.2) is 11.7 Å². The Kier molecular flexibility index (Phi) is 5.13. The zero-order valence-corrected chi connectivity index (χ0v) is 15.7.